The molecule has 2 rings (SSSR count). The van der Waals surface area contributed by atoms with Crippen LogP contribution in [0, 0.1) is 0 Å². The Hall–Kier alpha value is -2.56. The summed E-state index contributed by atoms with van der Waals surface area (Å²) >= 11 is 0. The van der Waals surface area contributed by atoms with Gasteiger partial charge in [0.2, 0.25) is 0 Å². The molecule has 2 aromatic carbocycles. The van der Waals surface area contributed by atoms with Crippen LogP contribution < -0.4 is 25.3 Å². The largest absolute Gasteiger partial charge is 0.497 e. The van der Waals surface area contributed by atoms with E-state index < -0.39 is 0 Å². The lowest BCUT2D eigenvalue weighted by Gasteiger charge is -2.14. The molecule has 0 unspecified atom stereocenters. The van der Waals surface area contributed by atoms with Crippen LogP contribution in [-0.4, -0.2) is 21.3 Å². The summed E-state index contributed by atoms with van der Waals surface area (Å²) in [6.07, 6.45) is 0. The highest BCUT2D eigenvalue weighted by molar-refractivity contribution is 5.78. The lowest BCUT2D eigenvalue weighted by atomic mass is 10.2. The van der Waals surface area contributed by atoms with E-state index in [-0.39, 0.29) is 0 Å². The summed E-state index contributed by atoms with van der Waals surface area (Å²) in [6.45, 7) is 0. The molecule has 0 aliphatic heterocycles. The average Bonchev–Trinajstić information content (AvgIpc) is 2.49. The van der Waals surface area contributed by atoms with Crippen LogP contribution in [0.15, 0.2) is 36.4 Å². The van der Waals surface area contributed by atoms with Crippen LogP contribution >= 0.6 is 0 Å². The molecule has 5 heteroatoms. The van der Waals surface area contributed by atoms with E-state index >= 15 is 0 Å². The molecule has 0 fully saturated rings. The zero-order valence-electron chi connectivity index (χ0n) is 11.8. The summed E-state index contributed by atoms with van der Waals surface area (Å²) in [5.74, 6) is 2.03. The standard InChI is InChI=1S/C15H18N2O3/c1-18-11-7-10(8-12(9-11)19-2)17-13-5-4-6-14(20-3)15(13)16/h4-9,17H,16H2,1-3H3. The first-order chi connectivity index (χ1) is 9.67. The number of hydrogen-bond acceptors (Lipinski definition) is 5. The normalized spacial score (nSPS) is 9.95. The van der Waals surface area contributed by atoms with E-state index in [1.807, 2.05) is 30.3 Å². The first-order valence-electron chi connectivity index (χ1n) is 6.10. The molecule has 0 saturated carbocycles. The van der Waals surface area contributed by atoms with Gasteiger partial charge in [0, 0.05) is 23.9 Å². The Labute approximate surface area is 118 Å². The first-order valence-corrected chi connectivity index (χ1v) is 6.10. The number of anilines is 3. The molecule has 3 N–H and O–H groups in total. The van der Waals surface area contributed by atoms with Crippen molar-refractivity contribution in [2.75, 3.05) is 32.4 Å². The number of nitrogen functional groups attached to an aromatic ring is 1. The van der Waals surface area contributed by atoms with E-state index in [9.17, 15) is 0 Å². The van der Waals surface area contributed by atoms with Crippen LogP contribution in [0.2, 0.25) is 0 Å². The summed E-state index contributed by atoms with van der Waals surface area (Å²) in [6, 6.07) is 11.1. The van der Waals surface area contributed by atoms with E-state index in [2.05, 4.69) is 5.32 Å². The predicted octanol–water partition coefficient (Wildman–Crippen LogP) is 3.04. The van der Waals surface area contributed by atoms with E-state index in [1.54, 1.807) is 27.4 Å². The molecule has 0 amide bonds. The molecular weight excluding hydrogens is 256 g/mol. The minimum Gasteiger partial charge on any atom is -0.497 e. The Kier molecular flexibility index (Phi) is 4.20. The van der Waals surface area contributed by atoms with Crippen molar-refractivity contribution in [3.8, 4) is 17.2 Å². The van der Waals surface area contributed by atoms with Crippen LogP contribution in [0.5, 0.6) is 17.2 Å². The molecule has 20 heavy (non-hydrogen) atoms. The van der Waals surface area contributed by atoms with Gasteiger partial charge >= 0.3 is 0 Å². The molecule has 5 nitrogen and oxygen atoms in total. The summed E-state index contributed by atoms with van der Waals surface area (Å²) in [5.41, 5.74) is 8.17. The molecular formula is C15H18N2O3. The number of rotatable bonds is 5. The van der Waals surface area contributed by atoms with E-state index in [0.29, 0.717) is 22.9 Å². The molecule has 0 heterocycles. The maximum Gasteiger partial charge on any atom is 0.143 e. The van der Waals surface area contributed by atoms with Crippen molar-refractivity contribution in [3.63, 3.8) is 0 Å². The Balaban J connectivity index is 2.34. The van der Waals surface area contributed by atoms with Gasteiger partial charge in [-0.1, -0.05) is 6.07 Å². The van der Waals surface area contributed by atoms with Crippen LogP contribution in [-0.2, 0) is 0 Å². The van der Waals surface area contributed by atoms with Gasteiger partial charge in [0.25, 0.3) is 0 Å². The third-order valence-corrected chi connectivity index (χ3v) is 2.92. The zero-order chi connectivity index (χ0) is 14.5. The third kappa shape index (κ3) is 2.88. The van der Waals surface area contributed by atoms with Crippen LogP contribution in [0.4, 0.5) is 17.1 Å². The molecule has 0 bridgehead atoms. The average molecular weight is 274 g/mol. The summed E-state index contributed by atoms with van der Waals surface area (Å²) in [4.78, 5) is 0. The number of hydrogen-bond donors (Lipinski definition) is 2. The van der Waals surface area contributed by atoms with Crippen molar-refractivity contribution in [1.29, 1.82) is 0 Å². The Morgan fingerprint density at radius 1 is 0.900 bits per heavy atom. The molecule has 106 valence electrons. The predicted molar refractivity (Wildman–Crippen MR) is 80.2 cm³/mol. The molecule has 0 radical (unpaired) electrons. The molecule has 2 aromatic rings. The number of para-hydroxylation sites is 1. The molecule has 0 aliphatic carbocycles. The van der Waals surface area contributed by atoms with Crippen molar-refractivity contribution >= 4 is 17.1 Å². The Morgan fingerprint density at radius 2 is 1.55 bits per heavy atom. The monoisotopic (exact) mass is 274 g/mol. The van der Waals surface area contributed by atoms with Crippen molar-refractivity contribution in [1.82, 2.24) is 0 Å². The van der Waals surface area contributed by atoms with Gasteiger partial charge in [-0.15, -0.1) is 0 Å². The summed E-state index contributed by atoms with van der Waals surface area (Å²) in [5, 5.41) is 3.23. The van der Waals surface area contributed by atoms with E-state index in [1.165, 1.54) is 0 Å². The fourth-order valence-electron chi connectivity index (χ4n) is 1.87. The lowest BCUT2D eigenvalue weighted by Crippen LogP contribution is -1.99. The van der Waals surface area contributed by atoms with Crippen LogP contribution in [0.25, 0.3) is 0 Å². The van der Waals surface area contributed by atoms with Gasteiger partial charge in [-0.05, 0) is 12.1 Å². The molecule has 0 spiro atoms. The zero-order valence-corrected chi connectivity index (χ0v) is 11.8. The maximum atomic E-state index is 6.03. The van der Waals surface area contributed by atoms with Crippen LogP contribution in [0.1, 0.15) is 0 Å². The molecule has 0 aliphatic rings. The SMILES string of the molecule is COc1cc(Nc2cccc(OC)c2N)cc(OC)c1. The van der Waals surface area contributed by atoms with Gasteiger partial charge in [-0.3, -0.25) is 0 Å². The van der Waals surface area contributed by atoms with Gasteiger partial charge in [0.05, 0.1) is 32.7 Å². The number of nitrogens with two attached hydrogens (primary N) is 1. The maximum absolute atomic E-state index is 6.03. The van der Waals surface area contributed by atoms with Crippen molar-refractivity contribution in [3.05, 3.63) is 36.4 Å². The fourth-order valence-corrected chi connectivity index (χ4v) is 1.87. The van der Waals surface area contributed by atoms with Gasteiger partial charge < -0.3 is 25.3 Å². The Morgan fingerprint density at radius 3 is 2.10 bits per heavy atom. The van der Waals surface area contributed by atoms with Gasteiger partial charge in [0.15, 0.2) is 0 Å². The third-order valence-electron chi connectivity index (χ3n) is 2.92. The number of nitrogens with one attached hydrogen (secondary N) is 1. The minimum atomic E-state index is 0.553. The van der Waals surface area contributed by atoms with E-state index in [0.717, 1.165) is 11.4 Å². The van der Waals surface area contributed by atoms with Gasteiger partial charge in [0.1, 0.15) is 17.2 Å². The Bertz CT molecular complexity index is 577. The van der Waals surface area contributed by atoms with Crippen molar-refractivity contribution in [2.45, 2.75) is 0 Å². The van der Waals surface area contributed by atoms with Gasteiger partial charge in [-0.2, -0.15) is 0 Å². The molecule has 0 saturated heterocycles. The van der Waals surface area contributed by atoms with Crippen LogP contribution in [0.3, 0.4) is 0 Å². The van der Waals surface area contributed by atoms with Crippen molar-refractivity contribution in [2.24, 2.45) is 0 Å². The minimum absolute atomic E-state index is 0.553. The lowest BCUT2D eigenvalue weighted by molar-refractivity contribution is 0.395. The molecule has 0 atom stereocenters. The number of methoxy groups -OCH3 is 3. The second-order valence-electron chi connectivity index (χ2n) is 4.15. The summed E-state index contributed by atoms with van der Waals surface area (Å²) < 4.78 is 15.7. The highest BCUT2D eigenvalue weighted by atomic mass is 16.5. The molecule has 0 aromatic heterocycles. The highest BCUT2D eigenvalue weighted by Crippen LogP contribution is 2.33. The second kappa shape index (κ2) is 6.06. The highest BCUT2D eigenvalue weighted by Gasteiger charge is 2.07. The van der Waals surface area contributed by atoms with Gasteiger partial charge in [-0.25, -0.2) is 0 Å². The van der Waals surface area contributed by atoms with Crippen molar-refractivity contribution < 1.29 is 14.2 Å². The summed E-state index contributed by atoms with van der Waals surface area (Å²) in [7, 11) is 4.81. The number of ether oxygens (including phenoxy) is 3. The second-order valence-corrected chi connectivity index (χ2v) is 4.15. The quantitative estimate of drug-likeness (QED) is 0.820. The first kappa shape index (κ1) is 13.9. The number of benzene rings is 2. The topological polar surface area (TPSA) is 65.7 Å². The van der Waals surface area contributed by atoms with E-state index in [4.69, 9.17) is 19.9 Å². The fraction of sp³-hybridized carbons (Fsp3) is 0.200. The smallest absolute Gasteiger partial charge is 0.143 e.